The van der Waals surface area contributed by atoms with E-state index in [0.717, 1.165) is 6.54 Å². The molecule has 0 saturated carbocycles. The molecule has 1 rings (SSSR count). The molecule has 0 fully saturated rings. The van der Waals surface area contributed by atoms with Gasteiger partial charge in [-0.05, 0) is 5.56 Å². The number of ether oxygens (including phenoxy) is 3. The van der Waals surface area contributed by atoms with Gasteiger partial charge < -0.3 is 19.5 Å². The topological polar surface area (TPSA) is 39.7 Å². The van der Waals surface area contributed by atoms with Crippen molar-refractivity contribution in [2.24, 2.45) is 0 Å². The van der Waals surface area contributed by atoms with Crippen LogP contribution in [0.15, 0.2) is 30.3 Å². The second-order valence-corrected chi connectivity index (χ2v) is 4.60. The molecular weight excluding hydrogens is 278 g/mol. The van der Waals surface area contributed by atoms with E-state index in [2.05, 4.69) is 17.4 Å². The molecule has 0 aliphatic rings. The highest BCUT2D eigenvalue weighted by atomic mass is 35.5. The van der Waals surface area contributed by atoms with Crippen LogP contribution in [0.5, 0.6) is 0 Å². The summed E-state index contributed by atoms with van der Waals surface area (Å²) in [6.45, 7) is 3.85. The number of benzene rings is 1. The van der Waals surface area contributed by atoms with Crippen LogP contribution in [-0.4, -0.2) is 52.6 Å². The van der Waals surface area contributed by atoms with E-state index < -0.39 is 0 Å². The van der Waals surface area contributed by atoms with E-state index in [9.17, 15) is 0 Å². The van der Waals surface area contributed by atoms with Gasteiger partial charge >= 0.3 is 0 Å². The van der Waals surface area contributed by atoms with Crippen LogP contribution in [0.4, 0.5) is 0 Å². The Morgan fingerprint density at radius 2 is 1.65 bits per heavy atom. The zero-order valence-corrected chi connectivity index (χ0v) is 12.8. The lowest BCUT2D eigenvalue weighted by Crippen LogP contribution is -2.27. The van der Waals surface area contributed by atoms with E-state index >= 15 is 0 Å². The summed E-state index contributed by atoms with van der Waals surface area (Å²) in [5, 5.41) is 3.38. The average molecular weight is 302 g/mol. The maximum absolute atomic E-state index is 5.98. The highest BCUT2D eigenvalue weighted by Gasteiger charge is 2.07. The fraction of sp³-hybridized carbons (Fsp3) is 0.600. The van der Waals surface area contributed by atoms with Crippen molar-refractivity contribution in [2.75, 3.05) is 52.6 Å². The molecule has 0 aliphatic carbocycles. The number of rotatable bonds is 12. The third kappa shape index (κ3) is 7.82. The molecule has 114 valence electrons. The fourth-order valence-corrected chi connectivity index (χ4v) is 2.00. The van der Waals surface area contributed by atoms with Crippen molar-refractivity contribution in [3.05, 3.63) is 35.9 Å². The Hall–Kier alpha value is -0.650. The van der Waals surface area contributed by atoms with E-state index in [1.807, 2.05) is 18.2 Å². The Kier molecular flexibility index (Phi) is 10.5. The lowest BCUT2D eigenvalue weighted by molar-refractivity contribution is 0.0253. The lowest BCUT2D eigenvalue weighted by atomic mass is 10.1. The molecule has 1 N–H and O–H groups in total. The van der Waals surface area contributed by atoms with Crippen molar-refractivity contribution in [3.8, 4) is 0 Å². The Labute approximate surface area is 126 Å². The van der Waals surface area contributed by atoms with E-state index in [-0.39, 0.29) is 6.04 Å². The Bertz CT molecular complexity index is 324. The first kappa shape index (κ1) is 17.4. The van der Waals surface area contributed by atoms with E-state index in [1.54, 1.807) is 7.11 Å². The zero-order chi connectivity index (χ0) is 14.5. The molecule has 1 atom stereocenters. The van der Waals surface area contributed by atoms with Gasteiger partial charge in [0.2, 0.25) is 0 Å². The Morgan fingerprint density at radius 1 is 1.00 bits per heavy atom. The van der Waals surface area contributed by atoms with Gasteiger partial charge in [-0.2, -0.15) is 0 Å². The van der Waals surface area contributed by atoms with Gasteiger partial charge in [-0.3, -0.25) is 0 Å². The molecule has 0 aliphatic heterocycles. The third-order valence-electron chi connectivity index (χ3n) is 2.80. The summed E-state index contributed by atoms with van der Waals surface area (Å²) in [4.78, 5) is 0. The smallest absolute Gasteiger partial charge is 0.0701 e. The highest BCUT2D eigenvalue weighted by molar-refractivity contribution is 6.18. The van der Waals surface area contributed by atoms with Crippen LogP contribution in [0, 0.1) is 0 Å². The predicted molar refractivity (Wildman–Crippen MR) is 81.4 cm³/mol. The molecule has 1 unspecified atom stereocenters. The third-order valence-corrected chi connectivity index (χ3v) is 3.11. The fourth-order valence-electron chi connectivity index (χ4n) is 1.72. The van der Waals surface area contributed by atoms with Crippen LogP contribution in [-0.2, 0) is 14.2 Å². The number of methoxy groups -OCH3 is 1. The first-order valence-electron chi connectivity index (χ1n) is 6.87. The molecule has 4 nitrogen and oxygen atoms in total. The second-order valence-electron chi connectivity index (χ2n) is 4.29. The second kappa shape index (κ2) is 12.1. The maximum atomic E-state index is 5.98. The maximum Gasteiger partial charge on any atom is 0.0701 e. The standard InChI is InChI=1S/C15H24ClNO3/c1-18-9-10-20-12-11-19-8-7-17-15(13-16)14-5-3-2-4-6-14/h2-6,15,17H,7-13H2,1H3. The number of hydrogen-bond donors (Lipinski definition) is 1. The van der Waals surface area contributed by atoms with Crippen LogP contribution in [0.2, 0.25) is 0 Å². The molecule has 0 amide bonds. The van der Waals surface area contributed by atoms with Crippen molar-refractivity contribution in [1.82, 2.24) is 5.32 Å². The van der Waals surface area contributed by atoms with E-state index in [4.69, 9.17) is 25.8 Å². The van der Waals surface area contributed by atoms with Gasteiger partial charge in [-0.15, -0.1) is 11.6 Å². The van der Waals surface area contributed by atoms with Gasteiger partial charge in [0.15, 0.2) is 0 Å². The monoisotopic (exact) mass is 301 g/mol. The summed E-state index contributed by atoms with van der Waals surface area (Å²) in [5.74, 6) is 0.546. The minimum atomic E-state index is 0.166. The number of halogens is 1. The largest absolute Gasteiger partial charge is 0.382 e. The summed E-state index contributed by atoms with van der Waals surface area (Å²) >= 11 is 5.98. The lowest BCUT2D eigenvalue weighted by Gasteiger charge is -2.16. The van der Waals surface area contributed by atoms with Crippen molar-refractivity contribution in [3.63, 3.8) is 0 Å². The van der Waals surface area contributed by atoms with Crippen molar-refractivity contribution in [2.45, 2.75) is 6.04 Å². The zero-order valence-electron chi connectivity index (χ0n) is 12.0. The molecule has 0 spiro atoms. The summed E-state index contributed by atoms with van der Waals surface area (Å²) in [7, 11) is 1.66. The first-order valence-corrected chi connectivity index (χ1v) is 7.40. The highest BCUT2D eigenvalue weighted by Crippen LogP contribution is 2.13. The molecule has 0 aromatic heterocycles. The van der Waals surface area contributed by atoms with Crippen molar-refractivity contribution in [1.29, 1.82) is 0 Å². The summed E-state index contributed by atoms with van der Waals surface area (Å²) in [5.41, 5.74) is 1.20. The number of hydrogen-bond acceptors (Lipinski definition) is 4. The summed E-state index contributed by atoms with van der Waals surface area (Å²) < 4.78 is 15.7. The normalized spacial score (nSPS) is 12.5. The van der Waals surface area contributed by atoms with Crippen molar-refractivity contribution >= 4 is 11.6 Å². The minimum absolute atomic E-state index is 0.166. The molecule has 5 heteroatoms. The van der Waals surface area contributed by atoms with Gasteiger partial charge in [0.1, 0.15) is 0 Å². The van der Waals surface area contributed by atoms with Crippen LogP contribution in [0.1, 0.15) is 11.6 Å². The van der Waals surface area contributed by atoms with Crippen LogP contribution < -0.4 is 5.32 Å². The number of nitrogens with one attached hydrogen (secondary N) is 1. The SMILES string of the molecule is COCCOCCOCCNC(CCl)c1ccccc1. The van der Waals surface area contributed by atoms with Gasteiger partial charge in [-0.25, -0.2) is 0 Å². The summed E-state index contributed by atoms with van der Waals surface area (Å²) in [6.07, 6.45) is 0. The van der Waals surface area contributed by atoms with E-state index in [1.165, 1.54) is 5.56 Å². The molecule has 1 aromatic carbocycles. The average Bonchev–Trinajstić information content (AvgIpc) is 2.50. The minimum Gasteiger partial charge on any atom is -0.382 e. The molecule has 0 bridgehead atoms. The Morgan fingerprint density at radius 3 is 2.30 bits per heavy atom. The van der Waals surface area contributed by atoms with Crippen molar-refractivity contribution < 1.29 is 14.2 Å². The molecule has 20 heavy (non-hydrogen) atoms. The quantitative estimate of drug-likeness (QED) is 0.475. The van der Waals surface area contributed by atoms with Gasteiger partial charge in [0.25, 0.3) is 0 Å². The van der Waals surface area contributed by atoms with Gasteiger partial charge in [0, 0.05) is 25.6 Å². The van der Waals surface area contributed by atoms with Gasteiger partial charge in [0.05, 0.1) is 33.0 Å². The Balaban J connectivity index is 2.02. The first-order chi connectivity index (χ1) is 9.88. The molecule has 0 heterocycles. The molecular formula is C15H24ClNO3. The van der Waals surface area contributed by atoms with Crippen LogP contribution in [0.3, 0.4) is 0 Å². The molecule has 1 aromatic rings. The number of alkyl halides is 1. The van der Waals surface area contributed by atoms with E-state index in [0.29, 0.717) is 38.9 Å². The summed E-state index contributed by atoms with van der Waals surface area (Å²) in [6, 6.07) is 10.4. The van der Waals surface area contributed by atoms with Crippen LogP contribution in [0.25, 0.3) is 0 Å². The molecule has 0 saturated heterocycles. The van der Waals surface area contributed by atoms with Gasteiger partial charge in [-0.1, -0.05) is 30.3 Å². The molecule has 0 radical (unpaired) electrons. The predicted octanol–water partition coefficient (Wildman–Crippen LogP) is 2.24. The van der Waals surface area contributed by atoms with Crippen LogP contribution >= 0.6 is 11.6 Å².